The Morgan fingerprint density at radius 3 is 2.36 bits per heavy atom. The van der Waals surface area contributed by atoms with E-state index in [1.807, 2.05) is 0 Å². The highest BCUT2D eigenvalue weighted by Crippen LogP contribution is 2.31. The minimum absolute atomic E-state index is 0.0715. The molecule has 8 heteroatoms. The zero-order chi connectivity index (χ0) is 20.3. The van der Waals surface area contributed by atoms with E-state index < -0.39 is 24.2 Å². The number of nitrogens with two attached hydrogens (primary N) is 1. The summed E-state index contributed by atoms with van der Waals surface area (Å²) in [6.45, 7) is -0.756. The van der Waals surface area contributed by atoms with Gasteiger partial charge in [-0.2, -0.15) is 0 Å². The average Bonchev–Trinajstić information content (AvgIpc) is 2.67. The molecule has 0 saturated carbocycles. The summed E-state index contributed by atoms with van der Waals surface area (Å²) in [6, 6.07) is 12.3. The molecule has 0 radical (unpaired) electrons. The molecule has 0 atom stereocenters. The number of carbonyl (C=O) groups excluding carboxylic acids is 1. The van der Waals surface area contributed by atoms with Gasteiger partial charge in [-0.1, -0.05) is 41.9 Å². The highest BCUT2D eigenvalue weighted by Gasteiger charge is 2.21. The summed E-state index contributed by atoms with van der Waals surface area (Å²) in [5.41, 5.74) is 6.47. The van der Waals surface area contributed by atoms with E-state index in [0.717, 1.165) is 17.0 Å². The summed E-state index contributed by atoms with van der Waals surface area (Å²) in [5, 5.41) is 10.0. The Labute approximate surface area is 165 Å². The largest absolute Gasteiger partial charge is 0.392 e. The van der Waals surface area contributed by atoms with E-state index in [9.17, 15) is 18.7 Å². The molecule has 3 N–H and O–H groups in total. The fourth-order valence-corrected chi connectivity index (χ4v) is 2.98. The summed E-state index contributed by atoms with van der Waals surface area (Å²) in [4.78, 5) is 17.3. The summed E-state index contributed by atoms with van der Waals surface area (Å²) < 4.78 is 28.0. The van der Waals surface area contributed by atoms with Crippen LogP contribution >= 0.6 is 11.6 Å². The topological polar surface area (TPSA) is 79.5 Å². The second-order valence-corrected chi connectivity index (χ2v) is 6.35. The number of primary amides is 1. The van der Waals surface area contributed by atoms with E-state index in [2.05, 4.69) is 4.98 Å². The molecule has 0 bridgehead atoms. The van der Waals surface area contributed by atoms with Crippen LogP contribution in [0.25, 0.3) is 11.3 Å². The predicted molar refractivity (Wildman–Crippen MR) is 103 cm³/mol. The molecular formula is C20H16ClF2N3O2. The number of aliphatic hydroxyl groups excluding tert-OH is 1. The summed E-state index contributed by atoms with van der Waals surface area (Å²) in [6.07, 6.45) is 0. The number of benzene rings is 2. The van der Waals surface area contributed by atoms with Crippen molar-refractivity contribution in [2.24, 2.45) is 5.73 Å². The van der Waals surface area contributed by atoms with Gasteiger partial charge in [-0.3, -0.25) is 4.90 Å². The molecule has 0 aliphatic carbocycles. The van der Waals surface area contributed by atoms with Crippen molar-refractivity contribution in [3.05, 3.63) is 82.4 Å². The van der Waals surface area contributed by atoms with Crippen LogP contribution in [-0.2, 0) is 13.2 Å². The van der Waals surface area contributed by atoms with Gasteiger partial charge in [0, 0.05) is 21.7 Å². The highest BCUT2D eigenvalue weighted by molar-refractivity contribution is 6.33. The number of carbonyl (C=O) groups is 1. The van der Waals surface area contributed by atoms with Crippen LogP contribution in [0.1, 0.15) is 11.1 Å². The fraction of sp³-hybridized carbons (Fsp3) is 0.100. The molecule has 3 rings (SSSR count). The Balaban J connectivity index is 2.09. The second-order valence-electron chi connectivity index (χ2n) is 5.94. The first-order chi connectivity index (χ1) is 13.4. The lowest BCUT2D eigenvalue weighted by atomic mass is 10.1. The summed E-state index contributed by atoms with van der Waals surface area (Å²) in [7, 11) is 0. The third kappa shape index (κ3) is 3.95. The van der Waals surface area contributed by atoms with Crippen LogP contribution in [0.15, 0.2) is 54.6 Å². The van der Waals surface area contributed by atoms with E-state index >= 15 is 0 Å². The maximum atomic E-state index is 14.0. The van der Waals surface area contributed by atoms with Crippen molar-refractivity contribution in [3.8, 4) is 11.3 Å². The molecule has 1 heterocycles. The molecule has 5 nitrogen and oxygen atoms in total. The molecule has 0 fully saturated rings. The number of halogens is 3. The van der Waals surface area contributed by atoms with Gasteiger partial charge in [0.05, 0.1) is 18.8 Å². The molecule has 144 valence electrons. The van der Waals surface area contributed by atoms with Gasteiger partial charge in [0.2, 0.25) is 0 Å². The van der Waals surface area contributed by atoms with Crippen molar-refractivity contribution in [2.45, 2.75) is 13.2 Å². The normalized spacial score (nSPS) is 10.7. The Bertz CT molecular complexity index is 1010. The molecular weight excluding hydrogens is 388 g/mol. The molecule has 3 aromatic rings. The summed E-state index contributed by atoms with van der Waals surface area (Å²) >= 11 is 6.23. The van der Waals surface area contributed by atoms with Crippen molar-refractivity contribution in [3.63, 3.8) is 0 Å². The Morgan fingerprint density at radius 2 is 1.75 bits per heavy atom. The van der Waals surface area contributed by atoms with Crippen molar-refractivity contribution >= 4 is 23.4 Å². The van der Waals surface area contributed by atoms with Crippen LogP contribution in [0.2, 0.25) is 5.02 Å². The van der Waals surface area contributed by atoms with Crippen LogP contribution < -0.4 is 10.6 Å². The molecule has 0 aliphatic rings. The van der Waals surface area contributed by atoms with Gasteiger partial charge in [-0.25, -0.2) is 18.6 Å². The number of hydrogen-bond donors (Lipinski definition) is 2. The first-order valence-electron chi connectivity index (χ1n) is 8.28. The smallest absolute Gasteiger partial charge is 0.320 e. The Morgan fingerprint density at radius 1 is 1.07 bits per heavy atom. The van der Waals surface area contributed by atoms with E-state index in [0.29, 0.717) is 21.8 Å². The number of aromatic nitrogens is 1. The van der Waals surface area contributed by atoms with Crippen LogP contribution in [0.5, 0.6) is 0 Å². The van der Waals surface area contributed by atoms with Gasteiger partial charge < -0.3 is 10.8 Å². The van der Waals surface area contributed by atoms with Crippen LogP contribution in [-0.4, -0.2) is 16.1 Å². The van der Waals surface area contributed by atoms with Crippen molar-refractivity contribution in [1.29, 1.82) is 0 Å². The van der Waals surface area contributed by atoms with E-state index in [-0.39, 0.29) is 18.0 Å². The van der Waals surface area contributed by atoms with Gasteiger partial charge in [-0.05, 0) is 24.3 Å². The SMILES string of the molecule is NC(=O)N(Cc1c(F)cccc1F)c1ccc(CO)c(-c2ccccc2Cl)n1. The van der Waals surface area contributed by atoms with Crippen LogP contribution in [0, 0.1) is 11.6 Å². The van der Waals surface area contributed by atoms with Gasteiger partial charge in [0.25, 0.3) is 0 Å². The predicted octanol–water partition coefficient (Wildman–Crippen LogP) is 4.26. The molecule has 0 aliphatic heterocycles. The molecule has 1 aromatic heterocycles. The molecule has 0 unspecified atom stereocenters. The molecule has 2 amide bonds. The fourth-order valence-electron chi connectivity index (χ4n) is 2.76. The molecule has 0 spiro atoms. The third-order valence-corrected chi connectivity index (χ3v) is 4.51. The quantitative estimate of drug-likeness (QED) is 0.668. The van der Waals surface area contributed by atoms with E-state index in [1.165, 1.54) is 12.1 Å². The van der Waals surface area contributed by atoms with Crippen molar-refractivity contribution < 1.29 is 18.7 Å². The maximum Gasteiger partial charge on any atom is 0.320 e. The first-order valence-corrected chi connectivity index (χ1v) is 8.65. The zero-order valence-electron chi connectivity index (χ0n) is 14.6. The van der Waals surface area contributed by atoms with Crippen LogP contribution in [0.4, 0.5) is 19.4 Å². The lowest BCUT2D eigenvalue weighted by Gasteiger charge is -2.22. The Hall–Kier alpha value is -3.03. The minimum atomic E-state index is -0.933. The maximum absolute atomic E-state index is 14.0. The average molecular weight is 404 g/mol. The number of aliphatic hydroxyl groups is 1. The summed E-state index contributed by atoms with van der Waals surface area (Å²) in [5.74, 6) is -1.53. The van der Waals surface area contributed by atoms with Crippen molar-refractivity contribution in [1.82, 2.24) is 4.98 Å². The molecule has 0 saturated heterocycles. The molecule has 2 aromatic carbocycles. The number of pyridine rings is 1. The van der Waals surface area contributed by atoms with Gasteiger partial charge in [0.1, 0.15) is 17.5 Å². The highest BCUT2D eigenvalue weighted by atomic mass is 35.5. The number of nitrogens with zero attached hydrogens (tertiary/aromatic N) is 2. The van der Waals surface area contributed by atoms with Gasteiger partial charge in [-0.15, -0.1) is 0 Å². The van der Waals surface area contributed by atoms with Gasteiger partial charge >= 0.3 is 6.03 Å². The number of urea groups is 1. The molecule has 28 heavy (non-hydrogen) atoms. The zero-order valence-corrected chi connectivity index (χ0v) is 15.3. The lowest BCUT2D eigenvalue weighted by molar-refractivity contribution is 0.253. The first kappa shape index (κ1) is 19.7. The number of anilines is 1. The lowest BCUT2D eigenvalue weighted by Crippen LogP contribution is -2.36. The second kappa shape index (κ2) is 8.33. The van der Waals surface area contributed by atoms with E-state index in [4.69, 9.17) is 17.3 Å². The Kier molecular flexibility index (Phi) is 5.87. The number of hydrogen-bond acceptors (Lipinski definition) is 3. The van der Waals surface area contributed by atoms with Crippen LogP contribution in [0.3, 0.4) is 0 Å². The monoisotopic (exact) mass is 403 g/mol. The van der Waals surface area contributed by atoms with E-state index in [1.54, 1.807) is 30.3 Å². The van der Waals surface area contributed by atoms with Gasteiger partial charge in [0.15, 0.2) is 0 Å². The minimum Gasteiger partial charge on any atom is -0.392 e. The number of amides is 2. The standard InChI is InChI=1S/C20H16ClF2N3O2/c21-15-5-2-1-4-13(15)19-12(11-27)8-9-18(25-19)26(20(24)28)10-14-16(22)6-3-7-17(14)23/h1-9,27H,10-11H2,(H2,24,28). The van der Waals surface area contributed by atoms with Crippen molar-refractivity contribution in [2.75, 3.05) is 4.90 Å². The third-order valence-electron chi connectivity index (χ3n) is 4.18. The number of rotatable bonds is 5.